The molecule has 5 aromatic rings. The summed E-state index contributed by atoms with van der Waals surface area (Å²) in [5, 5.41) is 4.64. The number of fused-ring (bicyclic) bond motifs is 1. The number of benzene rings is 3. The van der Waals surface area contributed by atoms with Gasteiger partial charge in [-0.15, -0.1) is 11.3 Å². The lowest BCUT2D eigenvalue weighted by Crippen LogP contribution is -2.25. The van der Waals surface area contributed by atoms with Gasteiger partial charge >= 0.3 is 0 Å². The lowest BCUT2D eigenvalue weighted by Gasteiger charge is -2.21. The number of hydrogen-bond acceptors (Lipinski definition) is 5. The molecule has 0 saturated carbocycles. The first kappa shape index (κ1) is 22.7. The Labute approximate surface area is 214 Å². The second-order valence-corrected chi connectivity index (χ2v) is 10.2. The van der Waals surface area contributed by atoms with E-state index in [1.165, 1.54) is 33.6 Å². The number of rotatable bonds is 6. The summed E-state index contributed by atoms with van der Waals surface area (Å²) in [5.41, 5.74) is 8.93. The van der Waals surface area contributed by atoms with Gasteiger partial charge in [-0.1, -0.05) is 37.3 Å². The summed E-state index contributed by atoms with van der Waals surface area (Å²) in [4.78, 5) is 22.6. The van der Waals surface area contributed by atoms with Crippen molar-refractivity contribution in [2.75, 3.05) is 13.2 Å². The van der Waals surface area contributed by atoms with Gasteiger partial charge in [-0.3, -0.25) is 9.78 Å². The summed E-state index contributed by atoms with van der Waals surface area (Å²) in [6, 6.07) is 18.6. The standard InChI is InChI=1S/C30H27N3O2S/c1-3-21-18(2)17-23-28(36-30(33-23)29(34)32-14-11-19-7-5-4-6-8-19)26(21)22-9-10-24-25-20(13-16-35-24)12-15-31-27(22)25/h4-10,12,15,17H,3,11,13-14,16H2,1-2H3,(H,32,34). The van der Waals surface area contributed by atoms with Crippen LogP contribution in [-0.4, -0.2) is 29.0 Å². The molecule has 0 spiro atoms. The van der Waals surface area contributed by atoms with Crippen molar-refractivity contribution in [3.05, 3.63) is 88.1 Å². The van der Waals surface area contributed by atoms with E-state index in [0.717, 1.165) is 57.3 Å². The van der Waals surface area contributed by atoms with Gasteiger partial charge in [-0.25, -0.2) is 4.98 Å². The zero-order chi connectivity index (χ0) is 24.6. The van der Waals surface area contributed by atoms with Gasteiger partial charge in [0, 0.05) is 35.7 Å². The average Bonchev–Trinajstić information content (AvgIpc) is 3.33. The topological polar surface area (TPSA) is 64.1 Å². The number of carbonyl (C=O) groups is 1. The number of nitrogens with zero attached hydrogens (tertiary/aromatic N) is 2. The Morgan fingerprint density at radius 2 is 2.00 bits per heavy atom. The minimum absolute atomic E-state index is 0.128. The summed E-state index contributed by atoms with van der Waals surface area (Å²) >= 11 is 1.47. The number of nitrogens with one attached hydrogen (secondary N) is 1. The van der Waals surface area contributed by atoms with Crippen LogP contribution in [0.5, 0.6) is 5.75 Å². The molecule has 0 atom stereocenters. The van der Waals surface area contributed by atoms with Crippen LogP contribution < -0.4 is 10.1 Å². The summed E-state index contributed by atoms with van der Waals surface area (Å²) in [6.45, 7) is 5.57. The molecule has 1 amide bonds. The molecule has 36 heavy (non-hydrogen) atoms. The number of pyridine rings is 1. The molecule has 6 rings (SSSR count). The van der Waals surface area contributed by atoms with Gasteiger partial charge in [0.1, 0.15) is 5.75 Å². The number of ether oxygens (including phenoxy) is 1. The number of hydrogen-bond donors (Lipinski definition) is 1. The Hall–Kier alpha value is -3.77. The summed E-state index contributed by atoms with van der Waals surface area (Å²) in [6.07, 6.45) is 4.45. The molecular formula is C30H27N3O2S. The Bertz CT molecular complexity index is 1600. The van der Waals surface area contributed by atoms with Gasteiger partial charge in [-0.05, 0) is 66.3 Å². The molecule has 2 aromatic heterocycles. The predicted molar refractivity (Wildman–Crippen MR) is 146 cm³/mol. The molecule has 1 aliphatic heterocycles. The highest BCUT2D eigenvalue weighted by atomic mass is 32.1. The van der Waals surface area contributed by atoms with E-state index in [1.807, 2.05) is 24.4 Å². The first-order valence-corrected chi connectivity index (χ1v) is 13.2. The summed E-state index contributed by atoms with van der Waals surface area (Å²) in [7, 11) is 0. The van der Waals surface area contributed by atoms with Crippen molar-refractivity contribution in [2.24, 2.45) is 0 Å². The monoisotopic (exact) mass is 493 g/mol. The van der Waals surface area contributed by atoms with Gasteiger partial charge in [0.2, 0.25) is 0 Å². The van der Waals surface area contributed by atoms with Crippen molar-refractivity contribution < 1.29 is 9.53 Å². The highest BCUT2D eigenvalue weighted by molar-refractivity contribution is 7.20. The van der Waals surface area contributed by atoms with Crippen molar-refractivity contribution in [2.45, 2.75) is 33.1 Å². The van der Waals surface area contributed by atoms with Crippen LogP contribution in [0, 0.1) is 6.92 Å². The van der Waals surface area contributed by atoms with Crippen LogP contribution in [0.1, 0.15) is 39.0 Å². The fourth-order valence-corrected chi connectivity index (χ4v) is 6.26. The number of thiazole rings is 1. The molecule has 0 radical (unpaired) electrons. The van der Waals surface area contributed by atoms with Gasteiger partial charge in [-0.2, -0.15) is 0 Å². The van der Waals surface area contributed by atoms with Gasteiger partial charge in [0.25, 0.3) is 5.91 Å². The van der Waals surface area contributed by atoms with Crippen LogP contribution in [-0.2, 0) is 19.3 Å². The maximum absolute atomic E-state index is 13.0. The number of amides is 1. The SMILES string of the molecule is CCc1c(C)cc2nc(C(=O)NCCc3ccccc3)sc2c1-c1ccc2c3c(ccnc13)CCO2. The minimum Gasteiger partial charge on any atom is -0.493 e. The van der Waals surface area contributed by atoms with E-state index in [1.54, 1.807) is 0 Å². The average molecular weight is 494 g/mol. The number of aromatic nitrogens is 2. The lowest BCUT2D eigenvalue weighted by molar-refractivity contribution is 0.0954. The highest BCUT2D eigenvalue weighted by Crippen LogP contribution is 2.43. The van der Waals surface area contributed by atoms with Crippen LogP contribution in [0.25, 0.3) is 32.2 Å². The van der Waals surface area contributed by atoms with Gasteiger partial charge < -0.3 is 10.1 Å². The van der Waals surface area contributed by atoms with Crippen LogP contribution in [0.4, 0.5) is 0 Å². The molecule has 1 N–H and O–H groups in total. The van der Waals surface area contributed by atoms with E-state index in [2.05, 4.69) is 55.6 Å². The van der Waals surface area contributed by atoms with E-state index in [9.17, 15) is 4.79 Å². The molecule has 180 valence electrons. The second kappa shape index (κ2) is 9.36. The molecule has 0 unspecified atom stereocenters. The molecule has 0 aliphatic carbocycles. The van der Waals surface area contributed by atoms with Crippen LogP contribution in [0.3, 0.4) is 0 Å². The molecule has 5 nitrogen and oxygen atoms in total. The third-order valence-electron chi connectivity index (χ3n) is 6.94. The second-order valence-electron chi connectivity index (χ2n) is 9.16. The predicted octanol–water partition coefficient (Wildman–Crippen LogP) is 6.29. The summed E-state index contributed by atoms with van der Waals surface area (Å²) < 4.78 is 6.99. The zero-order valence-corrected chi connectivity index (χ0v) is 21.2. The number of carbonyl (C=O) groups excluding carboxylic acids is 1. The molecule has 0 saturated heterocycles. The van der Waals surface area contributed by atoms with E-state index < -0.39 is 0 Å². The van der Waals surface area contributed by atoms with E-state index in [0.29, 0.717) is 18.2 Å². The zero-order valence-electron chi connectivity index (χ0n) is 20.4. The number of aryl methyl sites for hydroxylation is 1. The van der Waals surface area contributed by atoms with Crippen molar-refractivity contribution in [3.8, 4) is 16.9 Å². The Kier molecular flexibility index (Phi) is 5.89. The maximum atomic E-state index is 13.0. The Balaban J connectivity index is 1.43. The van der Waals surface area contributed by atoms with E-state index in [-0.39, 0.29) is 5.91 Å². The molecule has 0 bridgehead atoms. The van der Waals surface area contributed by atoms with Crippen LogP contribution >= 0.6 is 11.3 Å². The highest BCUT2D eigenvalue weighted by Gasteiger charge is 2.23. The normalized spacial score (nSPS) is 12.6. The molecule has 0 fully saturated rings. The molecule has 1 aliphatic rings. The maximum Gasteiger partial charge on any atom is 0.280 e. The van der Waals surface area contributed by atoms with Gasteiger partial charge in [0.15, 0.2) is 5.01 Å². The summed E-state index contributed by atoms with van der Waals surface area (Å²) in [5.74, 6) is 0.769. The Morgan fingerprint density at radius 1 is 1.14 bits per heavy atom. The molecule has 6 heteroatoms. The van der Waals surface area contributed by atoms with Crippen molar-refractivity contribution in [1.29, 1.82) is 0 Å². The molecular weight excluding hydrogens is 466 g/mol. The largest absolute Gasteiger partial charge is 0.493 e. The van der Waals surface area contributed by atoms with E-state index >= 15 is 0 Å². The molecule has 3 aromatic carbocycles. The van der Waals surface area contributed by atoms with Crippen molar-refractivity contribution in [1.82, 2.24) is 15.3 Å². The van der Waals surface area contributed by atoms with Crippen molar-refractivity contribution >= 4 is 38.4 Å². The van der Waals surface area contributed by atoms with Crippen LogP contribution in [0.15, 0.2) is 60.8 Å². The van der Waals surface area contributed by atoms with Crippen LogP contribution in [0.2, 0.25) is 0 Å². The fraction of sp³-hybridized carbons (Fsp3) is 0.233. The fourth-order valence-electron chi connectivity index (χ4n) is 5.22. The first-order valence-electron chi connectivity index (χ1n) is 12.4. The van der Waals surface area contributed by atoms with Crippen molar-refractivity contribution in [3.63, 3.8) is 0 Å². The smallest absolute Gasteiger partial charge is 0.280 e. The third-order valence-corrected chi connectivity index (χ3v) is 8.03. The van der Waals surface area contributed by atoms with Gasteiger partial charge in [0.05, 0.1) is 22.3 Å². The minimum atomic E-state index is -0.128. The molecule has 3 heterocycles. The third kappa shape index (κ3) is 3.91. The lowest BCUT2D eigenvalue weighted by atomic mass is 9.90. The Morgan fingerprint density at radius 3 is 2.83 bits per heavy atom. The first-order chi connectivity index (χ1) is 17.6. The quantitative estimate of drug-likeness (QED) is 0.302. The van der Waals surface area contributed by atoms with E-state index in [4.69, 9.17) is 14.7 Å².